The second-order valence-corrected chi connectivity index (χ2v) is 14.0. The third-order valence-corrected chi connectivity index (χ3v) is 10.4. The molecule has 6 rings (SSSR count). The van der Waals surface area contributed by atoms with Crippen molar-refractivity contribution in [1.82, 2.24) is 9.80 Å². The minimum absolute atomic E-state index is 0.0168. The van der Waals surface area contributed by atoms with Gasteiger partial charge in [0, 0.05) is 50.9 Å². The first kappa shape index (κ1) is 35.7. The molecular formula is C38H42N4O9. The molecule has 2 saturated carbocycles. The molecule has 3 aliphatic rings. The Balaban J connectivity index is 1.37. The van der Waals surface area contributed by atoms with Crippen LogP contribution in [-0.2, 0) is 32.1 Å². The van der Waals surface area contributed by atoms with E-state index in [-0.39, 0.29) is 30.7 Å². The molecule has 2 unspecified atom stereocenters. The number of anilines is 1. The molecule has 1 aromatic carbocycles. The van der Waals surface area contributed by atoms with Crippen molar-refractivity contribution in [3.05, 3.63) is 83.2 Å². The minimum Gasteiger partial charge on any atom is -0.507 e. The van der Waals surface area contributed by atoms with E-state index in [9.17, 15) is 34.2 Å². The molecule has 0 saturated heterocycles. The van der Waals surface area contributed by atoms with Crippen molar-refractivity contribution in [2.75, 3.05) is 46.2 Å². The summed E-state index contributed by atoms with van der Waals surface area (Å²) in [4.78, 5) is 73.5. The van der Waals surface area contributed by atoms with Gasteiger partial charge in [-0.3, -0.25) is 33.8 Å². The zero-order chi connectivity index (χ0) is 36.8. The number of aliphatic hydroxyl groups is 1. The molecule has 268 valence electrons. The number of ketones is 4. The number of carbonyl (C=O) groups excluding carboxylic acids is 5. The number of phenols is 1. The number of hydrogen-bond donors (Lipinski definition) is 3. The largest absolute Gasteiger partial charge is 0.507 e. The summed E-state index contributed by atoms with van der Waals surface area (Å²) in [6, 6.07) is 7.90. The number of nitrogens with zero attached hydrogens (tertiary/aromatic N) is 3. The molecular weight excluding hydrogens is 656 g/mol. The molecule has 6 atom stereocenters. The number of Topliss-reactive ketones (excluding diaryl/α,β-unsaturated/α-hetero) is 4. The summed E-state index contributed by atoms with van der Waals surface area (Å²) >= 11 is 0. The number of furan rings is 2. The fourth-order valence-corrected chi connectivity index (χ4v) is 8.08. The summed E-state index contributed by atoms with van der Waals surface area (Å²) in [5.74, 6) is -9.44. The van der Waals surface area contributed by atoms with Crippen molar-refractivity contribution in [2.24, 2.45) is 29.4 Å². The lowest BCUT2D eigenvalue weighted by molar-refractivity contribution is -0.181. The van der Waals surface area contributed by atoms with E-state index in [2.05, 4.69) is 0 Å². The van der Waals surface area contributed by atoms with Crippen LogP contribution in [0.25, 0.3) is 12.2 Å². The van der Waals surface area contributed by atoms with Gasteiger partial charge in [0.15, 0.2) is 34.7 Å². The molecule has 3 aliphatic carbocycles. The van der Waals surface area contributed by atoms with Gasteiger partial charge in [0.2, 0.25) is 5.91 Å². The summed E-state index contributed by atoms with van der Waals surface area (Å²) in [5, 5.41) is 23.8. The average Bonchev–Trinajstić information content (AvgIpc) is 3.78. The number of carbonyl (C=O) groups is 5. The van der Waals surface area contributed by atoms with Gasteiger partial charge in [-0.25, -0.2) is 0 Å². The monoisotopic (exact) mass is 698 g/mol. The molecule has 13 nitrogen and oxygen atoms in total. The number of benzene rings is 1. The van der Waals surface area contributed by atoms with Crippen LogP contribution in [0.15, 0.2) is 63.8 Å². The number of hydrogen-bond acceptors (Lipinski definition) is 12. The Morgan fingerprint density at radius 2 is 1.59 bits per heavy atom. The van der Waals surface area contributed by atoms with Gasteiger partial charge < -0.3 is 29.7 Å². The molecule has 0 spiro atoms. The molecule has 0 bridgehead atoms. The van der Waals surface area contributed by atoms with Gasteiger partial charge in [0.25, 0.3) is 0 Å². The highest BCUT2D eigenvalue weighted by Gasteiger charge is 2.69. The van der Waals surface area contributed by atoms with Gasteiger partial charge in [-0.05, 0) is 80.9 Å². The highest BCUT2D eigenvalue weighted by Crippen LogP contribution is 2.52. The zero-order valence-corrected chi connectivity index (χ0v) is 28.9. The van der Waals surface area contributed by atoms with Crippen LogP contribution in [0.5, 0.6) is 5.75 Å². The fraction of sp³-hybridized carbons (Fsp3) is 0.395. The van der Waals surface area contributed by atoms with E-state index in [1.807, 2.05) is 66.4 Å². The predicted octanol–water partition coefficient (Wildman–Crippen LogP) is 2.35. The molecule has 4 N–H and O–H groups in total. The van der Waals surface area contributed by atoms with Crippen molar-refractivity contribution in [3.8, 4) is 5.75 Å². The third-order valence-electron chi connectivity index (χ3n) is 10.4. The van der Waals surface area contributed by atoms with Gasteiger partial charge in [0.05, 0.1) is 30.0 Å². The van der Waals surface area contributed by atoms with E-state index < -0.39 is 64.4 Å². The Hall–Kier alpha value is -5.11. The standard InChI is InChI=1S/C38H42N4O9/c1-40(2)27-19-22(20-42(13-5-9-23-11-7-15-50-23)14-6-10-24-12-8-16-51-24)32(43)29-25(27)17-21-18-26-31(41(3)4)34(45)30(37(39)48)36(47)38(26,49)35(46)28(21)33(29)44/h5-12,15-16,19,21,26,28,30-31,43,49H,13-14,17-18,20H2,1-4H3,(H2,39,48)/t21-,26-,28?,30?,31-,38-/m0/s1. The Kier molecular flexibility index (Phi) is 9.73. The lowest BCUT2D eigenvalue weighted by Gasteiger charge is -2.52. The van der Waals surface area contributed by atoms with E-state index in [0.717, 1.165) is 0 Å². The number of aromatic hydroxyl groups is 1. The molecule has 51 heavy (non-hydrogen) atoms. The van der Waals surface area contributed by atoms with Gasteiger partial charge in [-0.2, -0.15) is 0 Å². The molecule has 0 aliphatic heterocycles. The number of primary amides is 1. The van der Waals surface area contributed by atoms with Crippen LogP contribution in [0.3, 0.4) is 0 Å². The number of likely N-dealkylation sites (N-methyl/N-ethyl adjacent to an activating group) is 1. The van der Waals surface area contributed by atoms with Gasteiger partial charge in [-0.1, -0.05) is 12.2 Å². The second kappa shape index (κ2) is 13.9. The molecule has 2 aromatic heterocycles. The molecule has 1 amide bonds. The van der Waals surface area contributed by atoms with Crippen LogP contribution in [0.2, 0.25) is 0 Å². The topological polar surface area (TPSA) is 188 Å². The van der Waals surface area contributed by atoms with Gasteiger partial charge in [0.1, 0.15) is 17.3 Å². The highest BCUT2D eigenvalue weighted by atomic mass is 16.3. The quantitative estimate of drug-likeness (QED) is 0.249. The number of nitrogens with two attached hydrogens (primary N) is 1. The van der Waals surface area contributed by atoms with Crippen LogP contribution in [0, 0.1) is 23.7 Å². The Morgan fingerprint density at radius 3 is 2.10 bits per heavy atom. The van der Waals surface area contributed by atoms with Crippen LogP contribution >= 0.6 is 0 Å². The Morgan fingerprint density at radius 1 is 0.980 bits per heavy atom. The van der Waals surface area contributed by atoms with Crippen molar-refractivity contribution in [3.63, 3.8) is 0 Å². The van der Waals surface area contributed by atoms with Crippen molar-refractivity contribution < 1.29 is 43.0 Å². The van der Waals surface area contributed by atoms with Gasteiger partial charge >= 0.3 is 0 Å². The van der Waals surface area contributed by atoms with Crippen LogP contribution in [0.1, 0.15) is 39.4 Å². The maximum Gasteiger partial charge on any atom is 0.235 e. The summed E-state index contributed by atoms with van der Waals surface area (Å²) in [5.41, 5.74) is 4.26. The molecule has 2 fully saturated rings. The summed E-state index contributed by atoms with van der Waals surface area (Å²) in [6.07, 6.45) is 10.8. The number of rotatable bonds is 11. The smallest absolute Gasteiger partial charge is 0.235 e. The number of fused-ring (bicyclic) bond motifs is 3. The van der Waals surface area contributed by atoms with Crippen LogP contribution < -0.4 is 10.6 Å². The van der Waals surface area contributed by atoms with Gasteiger partial charge in [-0.15, -0.1) is 0 Å². The maximum atomic E-state index is 14.5. The normalized spacial score (nSPS) is 26.3. The minimum atomic E-state index is -2.79. The zero-order valence-electron chi connectivity index (χ0n) is 28.9. The molecule has 3 aromatic rings. The Bertz CT molecular complexity index is 1860. The Labute approximate surface area is 295 Å². The van der Waals surface area contributed by atoms with Crippen molar-refractivity contribution in [1.29, 1.82) is 0 Å². The first-order chi connectivity index (χ1) is 24.2. The molecule has 0 radical (unpaired) electrons. The maximum absolute atomic E-state index is 14.5. The first-order valence-corrected chi connectivity index (χ1v) is 16.8. The van der Waals surface area contributed by atoms with Crippen molar-refractivity contribution in [2.45, 2.75) is 31.0 Å². The molecule has 13 heteroatoms. The van der Waals surface area contributed by atoms with Crippen LogP contribution in [0.4, 0.5) is 5.69 Å². The SMILES string of the molecule is CN(C)c1cc(CN(CC=Cc2ccco2)CC=Cc2ccco2)c(O)c2c1C[C@H]1C[C@H]3[C@H](N(C)C)C(=O)C(C(N)=O)C(=O)[C@@]3(O)C(=O)C1C2=O. The molecule has 2 heterocycles. The van der Waals surface area contributed by atoms with E-state index >= 15 is 0 Å². The van der Waals surface area contributed by atoms with E-state index in [4.69, 9.17) is 14.6 Å². The van der Waals surface area contributed by atoms with Crippen LogP contribution in [-0.4, -0.2) is 102 Å². The predicted molar refractivity (Wildman–Crippen MR) is 186 cm³/mol. The summed E-state index contributed by atoms with van der Waals surface area (Å²) in [7, 11) is 6.75. The lowest BCUT2D eigenvalue weighted by atomic mass is 9.52. The number of amides is 1. The summed E-state index contributed by atoms with van der Waals surface area (Å²) in [6.45, 7) is 1.09. The lowest BCUT2D eigenvalue weighted by Crippen LogP contribution is -2.74. The number of phenolic OH excluding ortho intramolecular Hbond substituents is 1. The third kappa shape index (κ3) is 6.26. The van der Waals surface area contributed by atoms with E-state index in [1.54, 1.807) is 38.8 Å². The second-order valence-electron chi connectivity index (χ2n) is 14.0. The van der Waals surface area contributed by atoms with E-state index in [0.29, 0.717) is 41.4 Å². The fourth-order valence-electron chi connectivity index (χ4n) is 8.08. The first-order valence-electron chi connectivity index (χ1n) is 16.8. The summed E-state index contributed by atoms with van der Waals surface area (Å²) < 4.78 is 10.8. The highest BCUT2D eigenvalue weighted by molar-refractivity contribution is 6.32. The average molecular weight is 699 g/mol. The van der Waals surface area contributed by atoms with Crippen molar-refractivity contribution >= 4 is 46.9 Å². The van der Waals surface area contributed by atoms with E-state index in [1.165, 1.54) is 4.90 Å².